The van der Waals surface area contributed by atoms with E-state index in [0.717, 1.165) is 34.0 Å². The van der Waals surface area contributed by atoms with Gasteiger partial charge in [0.15, 0.2) is 0 Å². The largest absolute Gasteiger partial charge is 0.496 e. The van der Waals surface area contributed by atoms with Crippen molar-refractivity contribution < 1.29 is 9.47 Å². The van der Waals surface area contributed by atoms with Crippen molar-refractivity contribution in [2.45, 2.75) is 96.3 Å². The third kappa shape index (κ3) is 10.4. The van der Waals surface area contributed by atoms with Gasteiger partial charge in [-0.1, -0.05) is 89.3 Å². The van der Waals surface area contributed by atoms with Crippen molar-refractivity contribution in [1.29, 1.82) is 0 Å². The Bertz CT molecular complexity index is 642. The monoisotopic (exact) mass is 458 g/mol. The molecule has 2 nitrogen and oxygen atoms in total. The molecule has 180 valence electrons. The standard InChI is InChI=1S/C15H18O2.C12H23P.C2H6/c1-5-6-7-9-12(2)15-13(16-3)10-8-11-14(15)17-4;1-3-7-11(8-4-1)13-12-9-5-2-6-10-12;1-2/h5-11H,1H2,2-4H3;11-13H,1-10H2;1-2H3/b7-6-,12-9+;;. The summed E-state index contributed by atoms with van der Waals surface area (Å²) in [7, 11) is 4.65. The number of methoxy groups -OCH3 is 2. The van der Waals surface area contributed by atoms with Gasteiger partial charge in [0, 0.05) is 0 Å². The molecule has 0 saturated heterocycles. The van der Waals surface area contributed by atoms with E-state index in [1.165, 1.54) is 47.1 Å². The molecule has 0 bridgehead atoms. The Balaban J connectivity index is 0.000000305. The molecule has 2 aliphatic carbocycles. The molecule has 0 aromatic heterocycles. The second kappa shape index (κ2) is 18.0. The van der Waals surface area contributed by atoms with Gasteiger partial charge in [0.05, 0.1) is 19.8 Å². The molecule has 0 radical (unpaired) electrons. The van der Waals surface area contributed by atoms with Gasteiger partial charge in [0.25, 0.3) is 0 Å². The summed E-state index contributed by atoms with van der Waals surface area (Å²) in [6, 6.07) is 5.76. The van der Waals surface area contributed by atoms with Crippen LogP contribution in [0.1, 0.15) is 90.5 Å². The van der Waals surface area contributed by atoms with Crippen LogP contribution >= 0.6 is 8.58 Å². The molecular weight excluding hydrogens is 411 g/mol. The van der Waals surface area contributed by atoms with Crippen LogP contribution < -0.4 is 9.47 Å². The van der Waals surface area contributed by atoms with E-state index in [4.69, 9.17) is 9.47 Å². The summed E-state index contributed by atoms with van der Waals surface area (Å²) in [5.74, 6) is 1.62. The van der Waals surface area contributed by atoms with E-state index in [9.17, 15) is 0 Å². The zero-order chi connectivity index (χ0) is 23.6. The Kier molecular flexibility index (Phi) is 16.0. The van der Waals surface area contributed by atoms with E-state index in [-0.39, 0.29) is 0 Å². The highest BCUT2D eigenvalue weighted by molar-refractivity contribution is 7.39. The fraction of sp³-hybridized carbons (Fsp3) is 0.586. The number of hydrogen-bond acceptors (Lipinski definition) is 2. The molecule has 0 spiro atoms. The van der Waals surface area contributed by atoms with Gasteiger partial charge in [0.2, 0.25) is 0 Å². The molecule has 2 fully saturated rings. The maximum absolute atomic E-state index is 5.35. The van der Waals surface area contributed by atoms with Crippen LogP contribution in [0.2, 0.25) is 0 Å². The predicted molar refractivity (Wildman–Crippen MR) is 146 cm³/mol. The molecule has 1 aromatic carbocycles. The van der Waals surface area contributed by atoms with Crippen molar-refractivity contribution in [3.05, 3.63) is 54.6 Å². The van der Waals surface area contributed by atoms with E-state index in [2.05, 4.69) is 6.58 Å². The average Bonchev–Trinajstić information content (AvgIpc) is 2.86. The summed E-state index contributed by atoms with van der Waals surface area (Å²) >= 11 is 0. The highest BCUT2D eigenvalue weighted by Crippen LogP contribution is 2.41. The molecule has 0 aliphatic heterocycles. The van der Waals surface area contributed by atoms with Crippen molar-refractivity contribution in [3.63, 3.8) is 0 Å². The first kappa shape index (κ1) is 28.5. The molecule has 3 rings (SSSR count). The first-order valence-corrected chi connectivity index (χ1v) is 13.8. The van der Waals surface area contributed by atoms with Crippen LogP contribution in [-0.2, 0) is 0 Å². The van der Waals surface area contributed by atoms with E-state index >= 15 is 0 Å². The summed E-state index contributed by atoms with van der Waals surface area (Å²) in [5.41, 5.74) is 4.36. The number of ether oxygens (including phenoxy) is 2. The summed E-state index contributed by atoms with van der Waals surface area (Å²) < 4.78 is 10.7. The summed E-state index contributed by atoms with van der Waals surface area (Å²) in [4.78, 5) is 0. The quantitative estimate of drug-likeness (QED) is 0.299. The van der Waals surface area contributed by atoms with E-state index < -0.39 is 0 Å². The lowest BCUT2D eigenvalue weighted by Crippen LogP contribution is -2.14. The van der Waals surface area contributed by atoms with Gasteiger partial charge in [-0.05, 0) is 61.6 Å². The summed E-state index contributed by atoms with van der Waals surface area (Å²) in [5, 5.41) is 0. The van der Waals surface area contributed by atoms with E-state index in [0.29, 0.717) is 0 Å². The minimum atomic E-state index is 0.810. The average molecular weight is 459 g/mol. The Labute approximate surface area is 200 Å². The fourth-order valence-corrected chi connectivity index (χ4v) is 6.62. The number of allylic oxidation sites excluding steroid dienone is 5. The van der Waals surface area contributed by atoms with Crippen molar-refractivity contribution in [2.24, 2.45) is 0 Å². The summed E-state index contributed by atoms with van der Waals surface area (Å²) in [6.07, 6.45) is 23.0. The van der Waals surface area contributed by atoms with Gasteiger partial charge in [0.1, 0.15) is 11.5 Å². The van der Waals surface area contributed by atoms with Crippen molar-refractivity contribution in [2.75, 3.05) is 14.2 Å². The molecule has 0 heterocycles. The van der Waals surface area contributed by atoms with Crippen molar-refractivity contribution in [1.82, 2.24) is 0 Å². The first-order chi connectivity index (χ1) is 15.7. The zero-order valence-electron chi connectivity index (χ0n) is 21.3. The van der Waals surface area contributed by atoms with Crippen LogP contribution in [0.5, 0.6) is 11.5 Å². The minimum Gasteiger partial charge on any atom is -0.496 e. The Morgan fingerprint density at radius 1 is 0.844 bits per heavy atom. The van der Waals surface area contributed by atoms with Crippen molar-refractivity contribution in [3.8, 4) is 11.5 Å². The number of hydrogen-bond donors (Lipinski definition) is 0. The SMILES string of the molecule is C1CCC(PC2CCCCC2)CC1.C=C/C=C\C=C(/C)c1c(OC)cccc1OC.CC. The molecule has 1 aromatic rings. The van der Waals surface area contributed by atoms with E-state index in [1.807, 2.05) is 57.2 Å². The summed E-state index contributed by atoms with van der Waals surface area (Å²) in [6.45, 7) is 9.65. The van der Waals surface area contributed by atoms with Gasteiger partial charge in [-0.2, -0.15) is 0 Å². The van der Waals surface area contributed by atoms with Gasteiger partial charge >= 0.3 is 0 Å². The highest BCUT2D eigenvalue weighted by Gasteiger charge is 2.20. The highest BCUT2D eigenvalue weighted by atomic mass is 31.1. The normalized spacial score (nSPS) is 17.6. The molecule has 2 aliphatic rings. The lowest BCUT2D eigenvalue weighted by atomic mass is 10.00. The third-order valence-corrected chi connectivity index (χ3v) is 8.19. The third-order valence-electron chi connectivity index (χ3n) is 6.10. The topological polar surface area (TPSA) is 18.5 Å². The predicted octanol–water partition coefficient (Wildman–Crippen LogP) is 9.21. The number of rotatable bonds is 7. The Hall–Kier alpha value is -1.53. The van der Waals surface area contributed by atoms with Crippen LogP contribution in [0.3, 0.4) is 0 Å². The van der Waals surface area contributed by atoms with Gasteiger partial charge in [-0.25, -0.2) is 0 Å². The Morgan fingerprint density at radius 3 is 1.72 bits per heavy atom. The van der Waals surface area contributed by atoms with Crippen LogP contribution in [0.15, 0.2) is 49.1 Å². The second-order valence-corrected chi connectivity index (χ2v) is 10.3. The maximum atomic E-state index is 5.35. The van der Waals surface area contributed by atoms with E-state index in [1.54, 1.807) is 46.0 Å². The van der Waals surface area contributed by atoms with Gasteiger partial charge in [-0.3, -0.25) is 0 Å². The first-order valence-electron chi connectivity index (χ1n) is 12.6. The second-order valence-electron chi connectivity index (χ2n) is 8.34. The van der Waals surface area contributed by atoms with Crippen LogP contribution in [-0.4, -0.2) is 25.5 Å². The minimum absolute atomic E-state index is 0.810. The zero-order valence-corrected chi connectivity index (χ0v) is 22.3. The molecule has 32 heavy (non-hydrogen) atoms. The molecule has 2 saturated carbocycles. The van der Waals surface area contributed by atoms with Crippen LogP contribution in [0, 0.1) is 0 Å². The molecular formula is C29H47O2P. The molecule has 0 atom stereocenters. The van der Waals surface area contributed by atoms with Crippen molar-refractivity contribution >= 4 is 14.2 Å². The Morgan fingerprint density at radius 2 is 1.31 bits per heavy atom. The van der Waals surface area contributed by atoms with Crippen LogP contribution in [0.25, 0.3) is 5.57 Å². The van der Waals surface area contributed by atoms with Crippen LogP contribution in [0.4, 0.5) is 0 Å². The fourth-order valence-electron chi connectivity index (χ4n) is 4.47. The maximum Gasteiger partial charge on any atom is 0.130 e. The lowest BCUT2D eigenvalue weighted by Gasteiger charge is -2.28. The molecule has 0 unspecified atom stereocenters. The molecule has 0 N–H and O–H groups in total. The molecule has 0 amide bonds. The smallest absolute Gasteiger partial charge is 0.130 e. The lowest BCUT2D eigenvalue weighted by molar-refractivity contribution is 0.392. The molecule has 3 heteroatoms. The van der Waals surface area contributed by atoms with Gasteiger partial charge in [-0.15, -0.1) is 8.58 Å². The number of benzene rings is 1. The van der Waals surface area contributed by atoms with Gasteiger partial charge < -0.3 is 9.47 Å².